The van der Waals surface area contributed by atoms with E-state index in [1.165, 1.54) is 0 Å². The van der Waals surface area contributed by atoms with E-state index in [4.69, 9.17) is 14.6 Å². The van der Waals surface area contributed by atoms with E-state index in [1.807, 2.05) is 13.8 Å². The molecule has 0 aromatic carbocycles. The van der Waals surface area contributed by atoms with E-state index >= 15 is 0 Å². The van der Waals surface area contributed by atoms with Gasteiger partial charge in [-0.15, -0.1) is 0 Å². The topological polar surface area (TPSA) is 93.8 Å². The summed E-state index contributed by atoms with van der Waals surface area (Å²) in [6.07, 6.45) is -1.13. The Hall–Kier alpha value is -1.44. The zero-order valence-electron chi connectivity index (χ0n) is 10.7. The summed E-state index contributed by atoms with van der Waals surface area (Å²) in [6.45, 7) is 3.52. The van der Waals surface area contributed by atoms with E-state index in [-0.39, 0.29) is 24.1 Å². The Kier molecular flexibility index (Phi) is 2.84. The Morgan fingerprint density at radius 3 is 2.89 bits per heavy atom. The minimum Gasteiger partial charge on any atom is -0.453 e. The molecule has 0 radical (unpaired) electrons. The molecule has 2 aliphatic heterocycles. The summed E-state index contributed by atoms with van der Waals surface area (Å²) in [5.41, 5.74) is 0.243. The molecule has 104 valence electrons. The van der Waals surface area contributed by atoms with Crippen molar-refractivity contribution in [3.8, 4) is 6.01 Å². The molecule has 7 nitrogen and oxygen atoms in total. The highest BCUT2D eigenvalue weighted by molar-refractivity contribution is 5.18. The molecular formula is C12H16N2O5. The second-order valence-electron chi connectivity index (χ2n) is 5.17. The number of aliphatic hydroxyl groups is 2. The van der Waals surface area contributed by atoms with Crippen molar-refractivity contribution in [1.29, 1.82) is 0 Å². The van der Waals surface area contributed by atoms with Crippen LogP contribution in [-0.4, -0.2) is 44.7 Å². The summed E-state index contributed by atoms with van der Waals surface area (Å²) >= 11 is 0. The molecule has 2 aliphatic rings. The van der Waals surface area contributed by atoms with E-state index in [0.717, 1.165) is 0 Å². The lowest BCUT2D eigenvalue weighted by Gasteiger charge is -2.15. The van der Waals surface area contributed by atoms with E-state index < -0.39 is 24.5 Å². The maximum atomic E-state index is 11.8. The number of ether oxygens (including phenoxy) is 2. The molecule has 19 heavy (non-hydrogen) atoms. The summed E-state index contributed by atoms with van der Waals surface area (Å²) in [5.74, 6) is 0.0387. The van der Waals surface area contributed by atoms with Crippen LogP contribution in [0.2, 0.25) is 0 Å². The molecule has 3 rings (SSSR count). The van der Waals surface area contributed by atoms with Crippen LogP contribution < -0.4 is 10.3 Å². The van der Waals surface area contributed by atoms with Crippen molar-refractivity contribution in [2.24, 2.45) is 0 Å². The normalized spacial score (nSPS) is 32.3. The quantitative estimate of drug-likeness (QED) is 0.742. The number of aliphatic hydroxyl groups excluding tert-OH is 2. The number of rotatable bonds is 2. The van der Waals surface area contributed by atoms with Gasteiger partial charge in [0.15, 0.2) is 12.3 Å². The van der Waals surface area contributed by atoms with Crippen LogP contribution >= 0.6 is 0 Å². The highest BCUT2D eigenvalue weighted by Crippen LogP contribution is 2.39. The van der Waals surface area contributed by atoms with Gasteiger partial charge in [0.25, 0.3) is 5.56 Å². The first-order chi connectivity index (χ1) is 9.02. The first-order valence-electron chi connectivity index (χ1n) is 6.27. The van der Waals surface area contributed by atoms with Crippen molar-refractivity contribution in [1.82, 2.24) is 9.55 Å². The lowest BCUT2D eigenvalue weighted by molar-refractivity contribution is -0.0435. The van der Waals surface area contributed by atoms with E-state index in [1.54, 1.807) is 10.8 Å². The fourth-order valence-electron chi connectivity index (χ4n) is 2.48. The minimum atomic E-state index is -0.936. The van der Waals surface area contributed by atoms with Crippen LogP contribution in [0.15, 0.2) is 11.0 Å². The number of fused-ring (bicyclic) bond motifs is 3. The van der Waals surface area contributed by atoms with Gasteiger partial charge >= 0.3 is 6.01 Å². The van der Waals surface area contributed by atoms with Crippen molar-refractivity contribution >= 4 is 0 Å². The molecule has 1 aromatic heterocycles. The molecule has 4 atom stereocenters. The van der Waals surface area contributed by atoms with Gasteiger partial charge in [-0.3, -0.25) is 9.36 Å². The van der Waals surface area contributed by atoms with Crippen LogP contribution in [0.5, 0.6) is 6.01 Å². The van der Waals surface area contributed by atoms with Crippen LogP contribution in [0.25, 0.3) is 0 Å². The van der Waals surface area contributed by atoms with E-state index in [2.05, 4.69) is 4.98 Å². The van der Waals surface area contributed by atoms with Gasteiger partial charge in [-0.25, -0.2) is 0 Å². The fraction of sp³-hybridized carbons (Fsp3) is 0.667. The Balaban J connectivity index is 2.02. The van der Waals surface area contributed by atoms with E-state index in [0.29, 0.717) is 5.56 Å². The molecule has 0 saturated carbocycles. The van der Waals surface area contributed by atoms with Gasteiger partial charge in [0.2, 0.25) is 0 Å². The zero-order chi connectivity index (χ0) is 13.7. The van der Waals surface area contributed by atoms with Gasteiger partial charge in [0.1, 0.15) is 12.2 Å². The maximum absolute atomic E-state index is 11.8. The molecule has 1 fully saturated rings. The van der Waals surface area contributed by atoms with Crippen molar-refractivity contribution in [3.63, 3.8) is 0 Å². The van der Waals surface area contributed by atoms with Gasteiger partial charge in [-0.1, -0.05) is 13.8 Å². The average molecular weight is 268 g/mol. The van der Waals surface area contributed by atoms with Crippen molar-refractivity contribution in [2.45, 2.75) is 44.3 Å². The Bertz CT molecular complexity index is 556. The molecule has 7 heteroatoms. The number of hydrogen-bond acceptors (Lipinski definition) is 6. The molecule has 3 heterocycles. The Morgan fingerprint density at radius 1 is 1.53 bits per heavy atom. The standard InChI is InChI=1S/C12H16N2O5/c1-5(2)6-3-14-11-9(8(16)7(4-15)18-11)19-12(14)13-10(6)17/h3,5,7-9,11,15-16H,4H2,1-2H3/t7?,8-,9+,11+/m0/s1. The van der Waals surface area contributed by atoms with Crippen LogP contribution in [-0.2, 0) is 4.74 Å². The summed E-state index contributed by atoms with van der Waals surface area (Å²) in [5, 5.41) is 19.1. The Morgan fingerprint density at radius 2 is 2.26 bits per heavy atom. The Labute approximate surface area is 109 Å². The highest BCUT2D eigenvalue weighted by Gasteiger charge is 2.51. The number of aromatic nitrogens is 2. The predicted molar refractivity (Wildman–Crippen MR) is 64.0 cm³/mol. The van der Waals surface area contributed by atoms with Crippen LogP contribution in [0.4, 0.5) is 0 Å². The lowest BCUT2D eigenvalue weighted by Crippen LogP contribution is -2.34. The molecule has 0 aliphatic carbocycles. The smallest absolute Gasteiger partial charge is 0.302 e. The summed E-state index contributed by atoms with van der Waals surface area (Å²) < 4.78 is 12.6. The van der Waals surface area contributed by atoms with Crippen LogP contribution in [0.1, 0.15) is 31.6 Å². The van der Waals surface area contributed by atoms with Crippen molar-refractivity contribution < 1.29 is 19.7 Å². The first-order valence-corrected chi connectivity index (χ1v) is 6.27. The summed E-state index contributed by atoms with van der Waals surface area (Å²) in [4.78, 5) is 15.7. The third kappa shape index (κ3) is 1.77. The first kappa shape index (κ1) is 12.6. The summed E-state index contributed by atoms with van der Waals surface area (Å²) in [7, 11) is 0. The van der Waals surface area contributed by atoms with Gasteiger partial charge in [-0.2, -0.15) is 4.98 Å². The summed E-state index contributed by atoms with van der Waals surface area (Å²) in [6, 6.07) is 0.153. The average Bonchev–Trinajstić information content (AvgIpc) is 2.85. The van der Waals surface area contributed by atoms with Crippen LogP contribution in [0.3, 0.4) is 0 Å². The second-order valence-corrected chi connectivity index (χ2v) is 5.17. The maximum Gasteiger partial charge on any atom is 0.302 e. The molecule has 1 unspecified atom stereocenters. The second kappa shape index (κ2) is 4.29. The molecule has 0 bridgehead atoms. The van der Waals surface area contributed by atoms with Crippen LogP contribution in [0, 0.1) is 0 Å². The minimum absolute atomic E-state index is 0.0387. The lowest BCUT2D eigenvalue weighted by atomic mass is 10.1. The fourth-order valence-corrected chi connectivity index (χ4v) is 2.48. The molecule has 1 aromatic rings. The largest absolute Gasteiger partial charge is 0.453 e. The van der Waals surface area contributed by atoms with Gasteiger partial charge in [0.05, 0.1) is 6.61 Å². The SMILES string of the molecule is CC(C)c1cn2c(nc1=O)O[C@H]1[C@H]2OC(CO)[C@@H]1O. The van der Waals surface area contributed by atoms with E-state index in [9.17, 15) is 9.90 Å². The molecular weight excluding hydrogens is 252 g/mol. The molecule has 0 spiro atoms. The number of hydrogen-bond donors (Lipinski definition) is 2. The third-order valence-electron chi connectivity index (χ3n) is 3.57. The zero-order valence-corrected chi connectivity index (χ0v) is 10.7. The van der Waals surface area contributed by atoms with Gasteiger partial charge < -0.3 is 19.7 Å². The molecule has 0 amide bonds. The molecule has 1 saturated heterocycles. The third-order valence-corrected chi connectivity index (χ3v) is 3.57. The number of nitrogens with zero attached hydrogens (tertiary/aromatic N) is 2. The van der Waals surface area contributed by atoms with Gasteiger partial charge in [-0.05, 0) is 5.92 Å². The monoisotopic (exact) mass is 268 g/mol. The van der Waals surface area contributed by atoms with Crippen molar-refractivity contribution in [3.05, 3.63) is 22.1 Å². The van der Waals surface area contributed by atoms with Gasteiger partial charge in [0, 0.05) is 11.8 Å². The predicted octanol–water partition coefficient (Wildman–Crippen LogP) is -0.622. The molecule has 2 N–H and O–H groups in total. The highest BCUT2D eigenvalue weighted by atomic mass is 16.6. The van der Waals surface area contributed by atoms with Crippen molar-refractivity contribution in [2.75, 3.05) is 6.61 Å².